The van der Waals surface area contributed by atoms with E-state index >= 15 is 0 Å². The number of carbonyl (C=O) groups is 5. The van der Waals surface area contributed by atoms with Crippen molar-refractivity contribution in [3.63, 3.8) is 0 Å². The first-order valence-corrected chi connectivity index (χ1v) is 16.1. The number of nitrogens with one attached hydrogen (secondary N) is 1. The normalized spacial score (nSPS) is 16.2. The Labute approximate surface area is 280 Å². The van der Waals surface area contributed by atoms with E-state index in [-0.39, 0.29) is 23.3 Å². The number of amides is 4. The molecule has 0 spiro atoms. The Balaban J connectivity index is 0.000000173. The maximum absolute atomic E-state index is 12.6. The topological polar surface area (TPSA) is 144 Å². The molecular weight excluding hydrogens is 630 g/mol. The number of thioether (sulfide) groups is 1. The van der Waals surface area contributed by atoms with Crippen molar-refractivity contribution in [3.8, 4) is 11.5 Å². The van der Waals surface area contributed by atoms with Crippen molar-refractivity contribution < 1.29 is 34.2 Å². The Hall–Kier alpha value is -5.68. The number of imide groups is 1. The summed E-state index contributed by atoms with van der Waals surface area (Å²) in [6.07, 6.45) is 4.03. The molecule has 0 unspecified atom stereocenters. The number of hydrogen-bond donors (Lipinski definition) is 3. The second kappa shape index (κ2) is 14.0. The van der Waals surface area contributed by atoms with Crippen LogP contribution < -0.4 is 15.1 Å². The monoisotopic (exact) mass is 661 g/mol. The van der Waals surface area contributed by atoms with Crippen molar-refractivity contribution in [1.29, 1.82) is 0 Å². The van der Waals surface area contributed by atoms with Crippen LogP contribution in [0, 0.1) is 0 Å². The van der Waals surface area contributed by atoms with Crippen molar-refractivity contribution in [3.05, 3.63) is 123 Å². The van der Waals surface area contributed by atoms with Crippen LogP contribution in [0.3, 0.4) is 0 Å². The lowest BCUT2D eigenvalue weighted by molar-refractivity contribution is -0.119. The van der Waals surface area contributed by atoms with E-state index in [9.17, 15) is 34.2 Å². The molecule has 3 heterocycles. The van der Waals surface area contributed by atoms with Gasteiger partial charge >= 0.3 is 0 Å². The third-order valence-corrected chi connectivity index (χ3v) is 9.15. The van der Waals surface area contributed by atoms with E-state index in [0.717, 1.165) is 45.9 Å². The smallest absolute Gasteiger partial charge is 0.290 e. The Kier molecular flexibility index (Phi) is 9.40. The van der Waals surface area contributed by atoms with Crippen LogP contribution in [0.1, 0.15) is 51.0 Å². The Morgan fingerprint density at radius 3 is 1.58 bits per heavy atom. The zero-order valence-electron chi connectivity index (χ0n) is 25.7. The summed E-state index contributed by atoms with van der Waals surface area (Å²) in [7, 11) is 0. The second-order valence-electron chi connectivity index (χ2n) is 11.4. The molecule has 242 valence electrons. The standard InChI is InChI=1S/C20H16N2O4S.C17H15NO3/c23-15-8-6-13(10-16-19(25)21-20(26)27-16)14-7-9-17(24)22(18(14)15)11-12-4-2-1-3-5-12;19-11-13-6-8-15(20)17-14(13)7-9-16(21)18(17)10-12-4-2-1-3-5-12/h1-6,8,10,23H,7,9,11H2,(H,21,25,26);1-6,8,11,20H,7,9-10H2. The van der Waals surface area contributed by atoms with Crippen molar-refractivity contribution in [2.45, 2.75) is 38.8 Å². The fourth-order valence-corrected chi connectivity index (χ4v) is 6.74. The average molecular weight is 662 g/mol. The molecule has 1 fully saturated rings. The molecule has 48 heavy (non-hydrogen) atoms. The van der Waals surface area contributed by atoms with Gasteiger partial charge in [-0.2, -0.15) is 0 Å². The predicted octanol–water partition coefficient (Wildman–Crippen LogP) is 5.88. The van der Waals surface area contributed by atoms with Gasteiger partial charge in [-0.25, -0.2) is 0 Å². The molecular formula is C37H31N3O7S. The molecule has 0 bridgehead atoms. The largest absolute Gasteiger partial charge is 0.506 e. The zero-order chi connectivity index (χ0) is 33.8. The van der Waals surface area contributed by atoms with Gasteiger partial charge in [0.15, 0.2) is 0 Å². The molecule has 0 saturated carbocycles. The van der Waals surface area contributed by atoms with Crippen LogP contribution in [0.2, 0.25) is 0 Å². The Morgan fingerprint density at radius 1 is 0.646 bits per heavy atom. The van der Waals surface area contributed by atoms with E-state index in [1.165, 1.54) is 12.1 Å². The van der Waals surface area contributed by atoms with Gasteiger partial charge in [0.25, 0.3) is 11.1 Å². The van der Waals surface area contributed by atoms with Gasteiger partial charge in [0.2, 0.25) is 11.8 Å². The molecule has 4 aromatic carbocycles. The van der Waals surface area contributed by atoms with Crippen molar-refractivity contribution in [1.82, 2.24) is 5.32 Å². The predicted molar refractivity (Wildman–Crippen MR) is 183 cm³/mol. The highest BCUT2D eigenvalue weighted by Gasteiger charge is 2.31. The minimum absolute atomic E-state index is 0.0238. The van der Waals surface area contributed by atoms with Gasteiger partial charge in [-0.15, -0.1) is 0 Å². The van der Waals surface area contributed by atoms with E-state index in [0.29, 0.717) is 60.6 Å². The molecule has 0 aliphatic carbocycles. The van der Waals surface area contributed by atoms with Gasteiger partial charge in [-0.1, -0.05) is 66.7 Å². The number of anilines is 2. The molecule has 11 heteroatoms. The first kappa shape index (κ1) is 32.3. The summed E-state index contributed by atoms with van der Waals surface area (Å²) in [6.45, 7) is 0.747. The number of phenolic OH excluding ortho intramolecular Hbond substituents is 2. The number of nitrogens with zero attached hydrogens (tertiary/aromatic N) is 2. The summed E-state index contributed by atoms with van der Waals surface area (Å²) in [5.74, 6) is -0.463. The highest BCUT2D eigenvalue weighted by molar-refractivity contribution is 8.18. The number of carbonyl (C=O) groups excluding carboxylic acids is 5. The molecule has 4 amide bonds. The number of phenols is 2. The van der Waals surface area contributed by atoms with Crippen LogP contribution in [0.5, 0.6) is 11.5 Å². The van der Waals surface area contributed by atoms with Gasteiger partial charge < -0.3 is 20.0 Å². The van der Waals surface area contributed by atoms with Crippen LogP contribution in [0.4, 0.5) is 16.2 Å². The van der Waals surface area contributed by atoms with Crippen LogP contribution in [0.15, 0.2) is 89.8 Å². The third kappa shape index (κ3) is 6.72. The van der Waals surface area contributed by atoms with E-state index in [1.807, 2.05) is 60.7 Å². The molecule has 0 radical (unpaired) electrons. The molecule has 1 saturated heterocycles. The Morgan fingerprint density at radius 2 is 1.12 bits per heavy atom. The third-order valence-electron chi connectivity index (χ3n) is 8.34. The van der Waals surface area contributed by atoms with Crippen molar-refractivity contribution in [2.75, 3.05) is 9.80 Å². The number of hydrogen-bond acceptors (Lipinski definition) is 8. The summed E-state index contributed by atoms with van der Waals surface area (Å²) in [5.41, 5.74) is 5.69. The molecule has 3 aliphatic heterocycles. The average Bonchev–Trinajstić information content (AvgIpc) is 3.41. The first-order valence-electron chi connectivity index (χ1n) is 15.3. The number of aldehydes is 1. The molecule has 0 aromatic heterocycles. The van der Waals surface area contributed by atoms with Crippen LogP contribution >= 0.6 is 11.8 Å². The maximum Gasteiger partial charge on any atom is 0.290 e. The second-order valence-corrected chi connectivity index (χ2v) is 12.4. The number of fused-ring (bicyclic) bond motifs is 2. The van der Waals surface area contributed by atoms with E-state index < -0.39 is 11.1 Å². The lowest BCUT2D eigenvalue weighted by atomic mass is 9.94. The van der Waals surface area contributed by atoms with E-state index in [4.69, 9.17) is 0 Å². The molecule has 3 N–H and O–H groups in total. The molecule has 10 nitrogen and oxygen atoms in total. The fourth-order valence-electron chi connectivity index (χ4n) is 6.06. The molecule has 3 aliphatic rings. The fraction of sp³-hybridized carbons (Fsp3) is 0.162. The number of aromatic hydroxyl groups is 2. The lowest BCUT2D eigenvalue weighted by Gasteiger charge is -2.31. The maximum atomic E-state index is 12.6. The van der Waals surface area contributed by atoms with Gasteiger partial charge in [0.1, 0.15) is 17.8 Å². The van der Waals surface area contributed by atoms with Crippen molar-refractivity contribution in [2.24, 2.45) is 0 Å². The minimum Gasteiger partial charge on any atom is -0.506 e. The number of rotatable bonds is 6. The summed E-state index contributed by atoms with van der Waals surface area (Å²) < 4.78 is 0. The quantitative estimate of drug-likeness (QED) is 0.172. The van der Waals surface area contributed by atoms with Gasteiger partial charge in [-0.05, 0) is 76.7 Å². The zero-order valence-corrected chi connectivity index (χ0v) is 26.5. The minimum atomic E-state index is -0.431. The summed E-state index contributed by atoms with van der Waals surface area (Å²) in [4.78, 5) is 62.6. The Bertz CT molecular complexity index is 1960. The summed E-state index contributed by atoms with van der Waals surface area (Å²) in [6, 6.07) is 25.4. The number of benzene rings is 4. The highest BCUT2D eigenvalue weighted by atomic mass is 32.2. The van der Waals surface area contributed by atoms with Crippen LogP contribution in [-0.4, -0.2) is 39.5 Å². The summed E-state index contributed by atoms with van der Waals surface area (Å²) in [5, 5.41) is 22.4. The van der Waals surface area contributed by atoms with Gasteiger partial charge in [-0.3, -0.25) is 29.3 Å². The SMILES string of the molecule is O=C1NC(=O)C(=Cc2ccc(O)c3c2CCC(=O)N3Cc2ccccc2)S1.O=Cc1ccc(O)c2c1CCC(=O)N2Cc1ccccc1. The summed E-state index contributed by atoms with van der Waals surface area (Å²) >= 11 is 0.846. The first-order chi connectivity index (χ1) is 23.2. The van der Waals surface area contributed by atoms with E-state index in [2.05, 4.69) is 5.32 Å². The molecule has 4 aromatic rings. The lowest BCUT2D eigenvalue weighted by Crippen LogP contribution is -2.35. The highest BCUT2D eigenvalue weighted by Crippen LogP contribution is 2.41. The van der Waals surface area contributed by atoms with Gasteiger partial charge in [0.05, 0.1) is 29.4 Å². The van der Waals surface area contributed by atoms with Crippen molar-refractivity contribution >= 4 is 58.5 Å². The van der Waals surface area contributed by atoms with E-state index in [1.54, 1.807) is 28.0 Å². The van der Waals surface area contributed by atoms with Crippen LogP contribution in [-0.2, 0) is 40.3 Å². The molecule has 0 atom stereocenters. The van der Waals surface area contributed by atoms with Crippen LogP contribution in [0.25, 0.3) is 6.08 Å². The molecule has 7 rings (SSSR count). The van der Waals surface area contributed by atoms with Gasteiger partial charge in [0, 0.05) is 18.4 Å².